The minimum atomic E-state index is -0.928. The van der Waals surface area contributed by atoms with Gasteiger partial charge in [0.2, 0.25) is 5.91 Å². The van der Waals surface area contributed by atoms with E-state index < -0.39 is 6.10 Å². The second-order valence-corrected chi connectivity index (χ2v) is 2.61. The molecule has 0 aromatic carbocycles. The van der Waals surface area contributed by atoms with Crippen LogP contribution >= 0.6 is 0 Å². The van der Waals surface area contributed by atoms with E-state index in [4.69, 9.17) is 5.11 Å². The summed E-state index contributed by atoms with van der Waals surface area (Å²) in [6.07, 6.45) is 1.52. The first kappa shape index (κ1) is 10.2. The van der Waals surface area contributed by atoms with E-state index in [1.54, 1.807) is 6.08 Å². The van der Waals surface area contributed by atoms with Gasteiger partial charge in [-0.25, -0.2) is 0 Å². The highest BCUT2D eigenvalue weighted by atomic mass is 16.3. The van der Waals surface area contributed by atoms with Crippen LogP contribution < -0.4 is 5.32 Å². The molecule has 0 rings (SSSR count). The topological polar surface area (TPSA) is 49.3 Å². The average molecular weight is 157 g/mol. The van der Waals surface area contributed by atoms with Gasteiger partial charge in [-0.3, -0.25) is 4.79 Å². The minimum absolute atomic E-state index is 0.0506. The molecule has 0 bridgehead atoms. The van der Waals surface area contributed by atoms with Crippen molar-refractivity contribution < 1.29 is 9.90 Å². The fourth-order valence-electron chi connectivity index (χ4n) is 0.672. The lowest BCUT2D eigenvalue weighted by Gasteiger charge is -2.12. The van der Waals surface area contributed by atoms with E-state index in [2.05, 4.69) is 11.9 Å². The van der Waals surface area contributed by atoms with E-state index in [1.165, 1.54) is 6.92 Å². The number of nitrogens with one attached hydrogen (secondary N) is 1. The number of hydrogen-bond acceptors (Lipinski definition) is 2. The van der Waals surface area contributed by atoms with E-state index in [1.807, 2.05) is 6.92 Å². The fourth-order valence-corrected chi connectivity index (χ4v) is 0.672. The molecule has 0 aromatic rings. The van der Waals surface area contributed by atoms with Crippen molar-refractivity contribution >= 4 is 5.91 Å². The van der Waals surface area contributed by atoms with Gasteiger partial charge < -0.3 is 10.4 Å². The van der Waals surface area contributed by atoms with E-state index in [0.717, 1.165) is 6.42 Å². The number of carbonyl (C=O) groups excluding carboxylic acids is 1. The Balaban J connectivity index is 3.65. The summed E-state index contributed by atoms with van der Waals surface area (Å²) >= 11 is 0. The maximum Gasteiger partial charge on any atom is 0.248 e. The zero-order chi connectivity index (χ0) is 8.85. The Morgan fingerprint density at radius 2 is 2.27 bits per heavy atom. The van der Waals surface area contributed by atoms with Gasteiger partial charge in [0.15, 0.2) is 0 Å². The zero-order valence-corrected chi connectivity index (χ0v) is 7.00. The summed E-state index contributed by atoms with van der Waals surface area (Å²) in [6.45, 7) is 6.84. The standard InChI is InChI=1S/C8H15NO2/c1-4-5-6(2)9-8(11)7(3)10/h4,6-7,10H,1,5H2,2-3H3,(H,9,11)/t6?,7-/m1/s1. The lowest BCUT2D eigenvalue weighted by molar-refractivity contribution is -0.129. The lowest BCUT2D eigenvalue weighted by Crippen LogP contribution is -2.38. The number of amides is 1. The quantitative estimate of drug-likeness (QED) is 0.582. The molecule has 0 spiro atoms. The maximum absolute atomic E-state index is 10.8. The largest absolute Gasteiger partial charge is 0.384 e. The molecule has 2 atom stereocenters. The van der Waals surface area contributed by atoms with Crippen LogP contribution in [-0.4, -0.2) is 23.2 Å². The van der Waals surface area contributed by atoms with Crippen LogP contribution in [0.25, 0.3) is 0 Å². The molecule has 0 heterocycles. The van der Waals surface area contributed by atoms with Crippen molar-refractivity contribution in [3.05, 3.63) is 12.7 Å². The molecule has 0 aliphatic heterocycles. The Bertz CT molecular complexity index is 143. The van der Waals surface area contributed by atoms with Crippen LogP contribution in [0.2, 0.25) is 0 Å². The summed E-state index contributed by atoms with van der Waals surface area (Å²) in [4.78, 5) is 10.8. The molecular formula is C8H15NO2. The van der Waals surface area contributed by atoms with E-state index >= 15 is 0 Å². The first-order valence-corrected chi connectivity index (χ1v) is 3.67. The Kier molecular flexibility index (Phi) is 4.54. The Hall–Kier alpha value is -0.830. The zero-order valence-electron chi connectivity index (χ0n) is 7.00. The summed E-state index contributed by atoms with van der Waals surface area (Å²) in [5, 5.41) is 11.4. The summed E-state index contributed by atoms with van der Waals surface area (Å²) < 4.78 is 0. The fraction of sp³-hybridized carbons (Fsp3) is 0.625. The van der Waals surface area contributed by atoms with E-state index in [9.17, 15) is 4.79 Å². The van der Waals surface area contributed by atoms with Gasteiger partial charge in [-0.1, -0.05) is 6.08 Å². The SMILES string of the molecule is C=CCC(C)NC(=O)[C@@H](C)O. The average Bonchev–Trinajstić information content (AvgIpc) is 1.87. The van der Waals surface area contributed by atoms with Crippen LogP contribution in [0, 0.1) is 0 Å². The van der Waals surface area contributed by atoms with Gasteiger partial charge in [-0.2, -0.15) is 0 Å². The maximum atomic E-state index is 10.8. The van der Waals surface area contributed by atoms with Gasteiger partial charge in [0.25, 0.3) is 0 Å². The molecular weight excluding hydrogens is 142 g/mol. The van der Waals surface area contributed by atoms with Crippen molar-refractivity contribution in [2.45, 2.75) is 32.4 Å². The van der Waals surface area contributed by atoms with Gasteiger partial charge in [0.05, 0.1) is 0 Å². The van der Waals surface area contributed by atoms with Crippen molar-refractivity contribution in [3.8, 4) is 0 Å². The number of rotatable bonds is 4. The van der Waals surface area contributed by atoms with Crippen molar-refractivity contribution in [1.82, 2.24) is 5.32 Å². The van der Waals surface area contributed by atoms with Gasteiger partial charge in [-0.15, -0.1) is 6.58 Å². The van der Waals surface area contributed by atoms with Crippen molar-refractivity contribution in [3.63, 3.8) is 0 Å². The summed E-state index contributed by atoms with van der Waals surface area (Å²) in [6, 6.07) is 0.0506. The Morgan fingerprint density at radius 3 is 2.64 bits per heavy atom. The molecule has 2 N–H and O–H groups in total. The Labute approximate surface area is 67.1 Å². The predicted molar refractivity (Wildman–Crippen MR) is 44.1 cm³/mol. The van der Waals surface area contributed by atoms with Gasteiger partial charge in [-0.05, 0) is 20.3 Å². The van der Waals surface area contributed by atoms with Crippen LogP contribution in [0.5, 0.6) is 0 Å². The molecule has 1 amide bonds. The van der Waals surface area contributed by atoms with Crippen LogP contribution in [0.3, 0.4) is 0 Å². The smallest absolute Gasteiger partial charge is 0.248 e. The number of aliphatic hydroxyl groups excluding tert-OH is 1. The number of carbonyl (C=O) groups is 1. The van der Waals surface area contributed by atoms with Gasteiger partial charge in [0.1, 0.15) is 6.10 Å². The number of hydrogen-bond donors (Lipinski definition) is 2. The van der Waals surface area contributed by atoms with Crippen molar-refractivity contribution in [2.75, 3.05) is 0 Å². The molecule has 0 radical (unpaired) electrons. The highest BCUT2D eigenvalue weighted by Gasteiger charge is 2.10. The Morgan fingerprint density at radius 1 is 1.73 bits per heavy atom. The molecule has 64 valence electrons. The monoisotopic (exact) mass is 157 g/mol. The van der Waals surface area contributed by atoms with Crippen molar-refractivity contribution in [2.24, 2.45) is 0 Å². The highest BCUT2D eigenvalue weighted by Crippen LogP contribution is 1.91. The van der Waals surface area contributed by atoms with Gasteiger partial charge >= 0.3 is 0 Å². The molecule has 0 saturated carbocycles. The van der Waals surface area contributed by atoms with Gasteiger partial charge in [0, 0.05) is 6.04 Å². The molecule has 0 saturated heterocycles. The van der Waals surface area contributed by atoms with Crippen molar-refractivity contribution in [1.29, 1.82) is 0 Å². The summed E-state index contributed by atoms with van der Waals surface area (Å²) in [5.41, 5.74) is 0. The second kappa shape index (κ2) is 4.91. The first-order valence-electron chi connectivity index (χ1n) is 3.67. The van der Waals surface area contributed by atoms with E-state index in [0.29, 0.717) is 0 Å². The molecule has 0 aliphatic rings. The third-order valence-corrected chi connectivity index (χ3v) is 1.29. The summed E-state index contributed by atoms with van der Waals surface area (Å²) in [5.74, 6) is -0.334. The van der Waals surface area contributed by atoms with Crippen LogP contribution in [-0.2, 0) is 4.79 Å². The molecule has 1 unspecified atom stereocenters. The third kappa shape index (κ3) is 4.56. The summed E-state index contributed by atoms with van der Waals surface area (Å²) in [7, 11) is 0. The number of aliphatic hydroxyl groups is 1. The highest BCUT2D eigenvalue weighted by molar-refractivity contribution is 5.80. The van der Waals surface area contributed by atoms with Crippen LogP contribution in [0.4, 0.5) is 0 Å². The first-order chi connectivity index (χ1) is 5.07. The molecule has 3 nitrogen and oxygen atoms in total. The molecule has 3 heteroatoms. The molecule has 0 aliphatic carbocycles. The second-order valence-electron chi connectivity index (χ2n) is 2.61. The van der Waals surface area contributed by atoms with Crippen LogP contribution in [0.1, 0.15) is 20.3 Å². The normalized spacial score (nSPS) is 15.2. The van der Waals surface area contributed by atoms with Crippen LogP contribution in [0.15, 0.2) is 12.7 Å². The van der Waals surface area contributed by atoms with E-state index in [-0.39, 0.29) is 11.9 Å². The lowest BCUT2D eigenvalue weighted by atomic mass is 10.2. The minimum Gasteiger partial charge on any atom is -0.384 e. The molecule has 0 fully saturated rings. The third-order valence-electron chi connectivity index (χ3n) is 1.29. The molecule has 11 heavy (non-hydrogen) atoms. The predicted octanol–water partition coefficient (Wildman–Crippen LogP) is 0.448. The molecule has 0 aromatic heterocycles.